The Morgan fingerprint density at radius 1 is 1.06 bits per heavy atom. The number of benzene rings is 2. The summed E-state index contributed by atoms with van der Waals surface area (Å²) in [6.45, 7) is 3.92. The summed E-state index contributed by atoms with van der Waals surface area (Å²) >= 11 is 0. The number of carbonyl (C=O) groups is 2. The van der Waals surface area contributed by atoms with Gasteiger partial charge >= 0.3 is 5.97 Å². The van der Waals surface area contributed by atoms with E-state index in [0.29, 0.717) is 17.7 Å². The average Bonchev–Trinajstić information content (AvgIpc) is 3.08. The third kappa shape index (κ3) is 9.78. The predicted molar refractivity (Wildman–Crippen MR) is 129 cm³/mol. The Hall–Kier alpha value is -3.38. The average molecular weight is 452 g/mol. The van der Waals surface area contributed by atoms with Crippen LogP contribution in [0.1, 0.15) is 47.6 Å². The smallest absolute Gasteiger partial charge is 0.370 e. The van der Waals surface area contributed by atoms with Gasteiger partial charge in [0.1, 0.15) is 11.4 Å². The van der Waals surface area contributed by atoms with Gasteiger partial charge < -0.3 is 15.3 Å². The molecule has 0 amide bonds. The third-order valence-electron chi connectivity index (χ3n) is 3.75. The number of rotatable bonds is 3. The lowest BCUT2D eigenvalue weighted by Gasteiger charge is -1.96. The summed E-state index contributed by atoms with van der Waals surface area (Å²) in [5, 5.41) is 26.2. The Bertz CT molecular complexity index is 1000. The largest absolute Gasteiger partial charge is 0.508 e. The van der Waals surface area contributed by atoms with E-state index in [2.05, 4.69) is 4.99 Å². The third-order valence-corrected chi connectivity index (χ3v) is 3.75. The van der Waals surface area contributed by atoms with Gasteiger partial charge in [0.25, 0.3) is 0 Å². The zero-order chi connectivity index (χ0) is 24.7. The first-order valence-electron chi connectivity index (χ1n) is 10.5. The Balaban J connectivity index is 0. The number of phenols is 1. The summed E-state index contributed by atoms with van der Waals surface area (Å²) < 4.78 is 11.5. The number of aliphatic carboxylic acids is 1. The monoisotopic (exact) mass is 451 g/mol. The molecule has 0 radical (unpaired) electrons. The molecule has 0 bridgehead atoms. The van der Waals surface area contributed by atoms with Gasteiger partial charge in [0.05, 0.1) is 6.42 Å². The highest BCUT2D eigenvalue weighted by Crippen LogP contribution is 2.17. The highest BCUT2D eigenvalue weighted by Gasteiger charge is 2.17. The molecule has 0 unspecified atom stereocenters. The molecule has 168 valence electrons. The summed E-state index contributed by atoms with van der Waals surface area (Å²) in [6.07, 6.45) is 3.38. The number of hydrogen-bond acceptors (Lipinski definition) is 5. The number of nitrogens with zero attached hydrogens (tertiary/aromatic N) is 1. The van der Waals surface area contributed by atoms with Crippen molar-refractivity contribution in [2.24, 2.45) is 4.99 Å². The van der Waals surface area contributed by atoms with Crippen LogP contribution < -0.4 is 0 Å². The molecule has 31 heavy (non-hydrogen) atoms. The highest BCUT2D eigenvalue weighted by molar-refractivity contribution is 6.16. The van der Waals surface area contributed by atoms with E-state index in [4.69, 9.17) is 18.1 Å². The van der Waals surface area contributed by atoms with E-state index in [0.717, 1.165) is 17.4 Å². The summed E-state index contributed by atoms with van der Waals surface area (Å²) in [4.78, 5) is 25.9. The van der Waals surface area contributed by atoms with Crippen LogP contribution in [0.5, 0.6) is 5.75 Å². The number of aliphatic imine (C=N–C) groups is 1. The van der Waals surface area contributed by atoms with Crippen LogP contribution in [0.25, 0.3) is 12.2 Å². The normalized spacial score (nSPS) is 14.1. The van der Waals surface area contributed by atoms with Gasteiger partial charge in [-0.05, 0) is 49.3 Å². The van der Waals surface area contributed by atoms with Crippen LogP contribution in [0.4, 0.5) is 0 Å². The van der Waals surface area contributed by atoms with Crippen LogP contribution in [0.2, 0.25) is 0 Å². The fourth-order valence-corrected chi connectivity index (χ4v) is 2.50. The number of hydrogen-bond donors (Lipinski definition) is 3. The van der Waals surface area contributed by atoms with Crippen LogP contribution in [-0.2, 0) is 9.59 Å². The number of carboxylic acids is 1. The lowest BCUT2D eigenvalue weighted by Crippen LogP contribution is -1.98. The summed E-state index contributed by atoms with van der Waals surface area (Å²) in [7, 11) is 2.50. The number of halogens is 1. The number of aryl methyl sites for hydroxylation is 1. The minimum atomic E-state index is -1.40. The molecule has 6 nitrogen and oxygen atoms in total. The van der Waals surface area contributed by atoms with Gasteiger partial charge in [0.15, 0.2) is 5.78 Å². The van der Waals surface area contributed by atoms with Crippen molar-refractivity contribution in [2.75, 3.05) is 0 Å². The molecule has 1 aliphatic heterocycles. The fraction of sp³-hybridized carbons (Fsp3) is 0.208. The van der Waals surface area contributed by atoms with Gasteiger partial charge in [-0.2, -0.15) is 0 Å². The van der Waals surface area contributed by atoms with Gasteiger partial charge in [-0.15, -0.1) is 12.4 Å². The van der Waals surface area contributed by atoms with Gasteiger partial charge in [-0.25, -0.2) is 4.79 Å². The lowest BCUT2D eigenvalue weighted by molar-refractivity contribution is -0.135. The number of carboxylic acid groups (broad SMARTS) is 1. The van der Waals surface area contributed by atoms with Gasteiger partial charge in [-0.3, -0.25) is 9.79 Å². The minimum Gasteiger partial charge on any atom is -0.508 e. The fourth-order valence-electron chi connectivity index (χ4n) is 2.50. The second-order valence-corrected chi connectivity index (χ2v) is 6.32. The molecule has 0 fully saturated rings. The van der Waals surface area contributed by atoms with Crippen molar-refractivity contribution in [1.29, 1.82) is 0 Å². The van der Waals surface area contributed by atoms with Crippen molar-refractivity contribution < 1.29 is 27.7 Å². The first-order valence-corrected chi connectivity index (χ1v) is 8.53. The molecular weight excluding hydrogens is 418 g/mol. The summed E-state index contributed by atoms with van der Waals surface area (Å²) in [6, 6.07) is 14.0. The van der Waals surface area contributed by atoms with E-state index in [-0.39, 0.29) is 23.9 Å². The molecule has 0 atom stereocenters. The molecule has 2 aromatic rings. The molecule has 7 heteroatoms. The number of phenolic OH excluding ortho intramolecular Hbond substituents is 1. The maximum atomic E-state index is 11.5. The standard InChI is InChI=1S/C13H13NO.C9H8O4.2CH4.ClH/c1-9-4-3-5-11(6-9)8-12-13(15)7-10(2)14-12;10-7-3-1-2-6(4-7)5-8(11)9(12)13;;;/h3-6,8H,7H2,1-2H3;1-5,10-11H,(H,12,13);2*1H4;1H/b12-8-;8-5-;;;/i;;2*1T;. The van der Waals surface area contributed by atoms with Crippen LogP contribution in [0.3, 0.4) is 0 Å². The number of Topliss-reactive ketones (excluding diaryl/α,β-unsaturated/α-hetero) is 1. The van der Waals surface area contributed by atoms with Crippen molar-refractivity contribution in [1.82, 2.24) is 0 Å². The Morgan fingerprint density at radius 2 is 1.68 bits per heavy atom. The van der Waals surface area contributed by atoms with Crippen LogP contribution >= 0.6 is 12.4 Å². The van der Waals surface area contributed by atoms with Crippen LogP contribution in [0, 0.1) is 6.92 Å². The number of allylic oxidation sites excluding steroid dienone is 1. The van der Waals surface area contributed by atoms with E-state index < -0.39 is 11.7 Å². The van der Waals surface area contributed by atoms with Gasteiger partial charge in [0.2, 0.25) is 5.76 Å². The number of carbonyl (C=O) groups excluding carboxylic acids is 1. The van der Waals surface area contributed by atoms with Gasteiger partial charge in [0, 0.05) is 8.45 Å². The maximum absolute atomic E-state index is 11.5. The summed E-state index contributed by atoms with van der Waals surface area (Å²) in [5.41, 5.74) is 4.14. The van der Waals surface area contributed by atoms with Gasteiger partial charge in [-0.1, -0.05) is 56.8 Å². The maximum Gasteiger partial charge on any atom is 0.370 e. The SMILES string of the molecule is CC1=N/C(=C\c2cccc(C)c2)C(=O)C1.Cl.O=C(O)/C(O)=C/c1cccc(O)c1.[3H]C.[3H]C. The van der Waals surface area contributed by atoms with Crippen LogP contribution in [-0.4, -0.2) is 32.8 Å². The number of aromatic hydroxyl groups is 1. The van der Waals surface area contributed by atoms with Crippen molar-refractivity contribution in [3.05, 3.63) is 76.7 Å². The highest BCUT2D eigenvalue weighted by atomic mass is 35.5. The lowest BCUT2D eigenvalue weighted by atomic mass is 10.1. The molecule has 1 heterocycles. The minimum absolute atomic E-state index is 0. The molecule has 0 saturated heterocycles. The van der Waals surface area contributed by atoms with Crippen molar-refractivity contribution in [3.63, 3.8) is 0 Å². The molecule has 0 aliphatic carbocycles. The molecule has 0 spiro atoms. The van der Waals surface area contributed by atoms with E-state index in [1.54, 1.807) is 12.1 Å². The topological polar surface area (TPSA) is 107 Å². The molecular formula is C24H30ClNO5. The quantitative estimate of drug-likeness (QED) is 0.401. The Kier molecular flexibility index (Phi) is 11.4. The molecule has 0 aromatic heterocycles. The van der Waals surface area contributed by atoms with Crippen molar-refractivity contribution in [2.45, 2.75) is 35.1 Å². The van der Waals surface area contributed by atoms with E-state index in [1.807, 2.05) is 44.2 Å². The first-order chi connectivity index (χ1) is 15.2. The number of aliphatic hydroxyl groups is 1. The van der Waals surface area contributed by atoms with E-state index in [1.165, 1.54) is 32.5 Å². The predicted octanol–water partition coefficient (Wildman–Crippen LogP) is 5.84. The van der Waals surface area contributed by atoms with E-state index in [9.17, 15) is 9.59 Å². The molecule has 3 N–H and O–H groups in total. The first kappa shape index (κ1) is 25.7. The zero-order valence-corrected chi connectivity index (χ0v) is 18.8. The molecule has 2 aromatic carbocycles. The van der Waals surface area contributed by atoms with Crippen molar-refractivity contribution in [3.8, 4) is 5.75 Å². The van der Waals surface area contributed by atoms with Crippen LogP contribution in [0.15, 0.2) is 65.0 Å². The second-order valence-electron chi connectivity index (χ2n) is 6.32. The molecule has 3 rings (SSSR count). The second kappa shape index (κ2) is 13.8. The van der Waals surface area contributed by atoms with E-state index >= 15 is 0 Å². The number of ketones is 1. The molecule has 0 saturated carbocycles. The van der Waals surface area contributed by atoms with Crippen molar-refractivity contribution >= 4 is 42.0 Å². The summed E-state index contributed by atoms with van der Waals surface area (Å²) in [5.74, 6) is -2.02. The Labute approximate surface area is 192 Å². The number of aliphatic hydroxyl groups excluding tert-OH is 1. The Morgan fingerprint density at radius 3 is 2.19 bits per heavy atom. The zero-order valence-electron chi connectivity index (χ0n) is 20.0. The molecule has 1 aliphatic rings.